The number of hydrogen-bond donors (Lipinski definition) is 2. The smallest absolute Gasteiger partial charge is 0.294 e. The first kappa shape index (κ1) is 33.2. The summed E-state index contributed by atoms with van der Waals surface area (Å²) < 4.78 is 34.0. The van der Waals surface area contributed by atoms with Crippen LogP contribution in [0.5, 0.6) is 0 Å². The molecule has 0 saturated carbocycles. The Bertz CT molecular complexity index is 1810. The molecule has 3 aromatic carbocycles. The second-order valence-electron chi connectivity index (χ2n) is 10.8. The fourth-order valence-electron chi connectivity index (χ4n) is 5.80. The van der Waals surface area contributed by atoms with E-state index in [0.29, 0.717) is 38.0 Å². The second kappa shape index (κ2) is 14.9. The average molecular weight is 623 g/mol. The predicted octanol–water partition coefficient (Wildman–Crippen LogP) is 5.14. The van der Waals surface area contributed by atoms with Crippen LogP contribution in [-0.4, -0.2) is 51.4 Å². The highest BCUT2D eigenvalue weighted by Crippen LogP contribution is 2.39. The summed E-state index contributed by atoms with van der Waals surface area (Å²) in [5.41, 5.74) is 9.32. The largest absolute Gasteiger partial charge is 0.372 e. The van der Waals surface area contributed by atoms with Crippen molar-refractivity contribution in [1.82, 2.24) is 0 Å². The van der Waals surface area contributed by atoms with Crippen LogP contribution in [0.4, 0.5) is 11.4 Å². The van der Waals surface area contributed by atoms with Gasteiger partial charge in [-0.15, -0.1) is 0 Å². The topological polar surface area (TPSA) is 122 Å². The van der Waals surface area contributed by atoms with E-state index < -0.39 is 10.1 Å². The van der Waals surface area contributed by atoms with E-state index in [4.69, 9.17) is 0 Å². The van der Waals surface area contributed by atoms with Crippen molar-refractivity contribution in [3.8, 4) is 12.1 Å². The maximum absolute atomic E-state index is 12.1. The Labute approximate surface area is 267 Å². The number of rotatable bonds is 12. The lowest BCUT2D eigenvalue weighted by Gasteiger charge is -2.26. The maximum atomic E-state index is 12.1. The molecule has 9 heteroatoms. The Balaban J connectivity index is 1.98. The number of nitrogens with one attached hydrogen (secondary N) is 1. The summed E-state index contributed by atoms with van der Waals surface area (Å²) in [4.78, 5) is 7.53. The fourth-order valence-corrected chi connectivity index (χ4v) is 6.31. The molecular weight excluding hydrogens is 582 g/mol. The molecule has 0 heterocycles. The highest BCUT2D eigenvalue weighted by atomic mass is 32.2. The van der Waals surface area contributed by atoms with E-state index in [1.165, 1.54) is 12.1 Å². The molecule has 0 radical (unpaired) electrons. The van der Waals surface area contributed by atoms with Crippen LogP contribution in [0, 0.1) is 29.6 Å². The van der Waals surface area contributed by atoms with Gasteiger partial charge in [0.1, 0.15) is 6.54 Å². The number of fused-ring (bicyclic) bond motifs is 1. The van der Waals surface area contributed by atoms with E-state index in [1.807, 2.05) is 19.1 Å². The molecule has 232 valence electrons. The Morgan fingerprint density at radius 1 is 0.822 bits per heavy atom. The lowest BCUT2D eigenvalue weighted by Crippen LogP contribution is -2.72. The zero-order chi connectivity index (χ0) is 32.6. The average Bonchev–Trinajstić information content (AvgIpc) is 3.03. The van der Waals surface area contributed by atoms with Crippen molar-refractivity contribution in [3.05, 3.63) is 101 Å². The Kier molecular flexibility index (Phi) is 11.0. The molecule has 0 fully saturated rings. The molecule has 0 unspecified atom stereocenters. The lowest BCUT2D eigenvalue weighted by atomic mass is 9.82. The van der Waals surface area contributed by atoms with Crippen LogP contribution >= 0.6 is 0 Å². The summed E-state index contributed by atoms with van der Waals surface area (Å²) in [5, 5.41) is 18.4. The van der Waals surface area contributed by atoms with Crippen molar-refractivity contribution in [2.24, 2.45) is 0 Å². The van der Waals surface area contributed by atoms with Gasteiger partial charge in [-0.3, -0.25) is 4.55 Å². The SMILES string of the molecule is CC[NH+]=C1C=C/C(=C(\c2ccc(N(CC)CC)cc2)c2ccc(N(CCC#N)CCC#N)cc2C)c2ccc(S(=O)(=O)O)cc21. The van der Waals surface area contributed by atoms with Crippen molar-refractivity contribution < 1.29 is 18.0 Å². The van der Waals surface area contributed by atoms with E-state index >= 15 is 0 Å². The maximum Gasteiger partial charge on any atom is 0.294 e. The van der Waals surface area contributed by atoms with Crippen LogP contribution in [0.25, 0.3) is 11.1 Å². The number of nitrogens with zero attached hydrogens (tertiary/aromatic N) is 4. The summed E-state index contributed by atoms with van der Waals surface area (Å²) in [6.45, 7) is 11.8. The number of aryl methyl sites for hydroxylation is 1. The van der Waals surface area contributed by atoms with Crippen LogP contribution in [0.15, 0.2) is 77.7 Å². The third-order valence-electron chi connectivity index (χ3n) is 8.04. The van der Waals surface area contributed by atoms with Gasteiger partial charge in [0.2, 0.25) is 5.71 Å². The molecular formula is C36H40N5O3S+. The second-order valence-corrected chi connectivity index (χ2v) is 12.2. The van der Waals surface area contributed by atoms with E-state index in [1.54, 1.807) is 6.07 Å². The normalized spacial score (nSPS) is 14.4. The molecule has 0 aromatic heterocycles. The molecule has 0 spiro atoms. The zero-order valence-corrected chi connectivity index (χ0v) is 27.2. The Morgan fingerprint density at radius 2 is 1.47 bits per heavy atom. The lowest BCUT2D eigenvalue weighted by molar-refractivity contribution is -0.450. The van der Waals surface area contributed by atoms with Crippen molar-refractivity contribution in [3.63, 3.8) is 0 Å². The van der Waals surface area contributed by atoms with Gasteiger partial charge in [0.15, 0.2) is 0 Å². The molecule has 8 nitrogen and oxygen atoms in total. The van der Waals surface area contributed by atoms with Crippen LogP contribution in [0.3, 0.4) is 0 Å². The third kappa shape index (κ3) is 7.51. The number of hydrogen-bond acceptors (Lipinski definition) is 6. The molecule has 1 aliphatic carbocycles. The Hall–Kier alpha value is -4.70. The van der Waals surface area contributed by atoms with Gasteiger partial charge in [-0.2, -0.15) is 18.9 Å². The fraction of sp³-hybridized carbons (Fsp3) is 0.306. The van der Waals surface area contributed by atoms with Crippen molar-refractivity contribution in [2.75, 3.05) is 42.5 Å². The molecule has 4 rings (SSSR count). The molecule has 0 atom stereocenters. The molecule has 0 amide bonds. The minimum Gasteiger partial charge on any atom is -0.372 e. The van der Waals surface area contributed by atoms with Gasteiger partial charge in [-0.05, 0) is 104 Å². The Morgan fingerprint density at radius 3 is 2.02 bits per heavy atom. The first-order valence-electron chi connectivity index (χ1n) is 15.3. The van der Waals surface area contributed by atoms with Gasteiger partial charge in [-0.25, -0.2) is 4.99 Å². The van der Waals surface area contributed by atoms with Gasteiger partial charge in [-0.1, -0.05) is 24.3 Å². The van der Waals surface area contributed by atoms with Crippen molar-refractivity contribution >= 4 is 38.4 Å². The highest BCUT2D eigenvalue weighted by molar-refractivity contribution is 7.85. The molecule has 45 heavy (non-hydrogen) atoms. The van der Waals surface area contributed by atoms with E-state index in [0.717, 1.165) is 63.6 Å². The molecule has 0 bridgehead atoms. The summed E-state index contributed by atoms with van der Waals surface area (Å²) >= 11 is 0. The molecule has 0 aliphatic heterocycles. The first-order valence-corrected chi connectivity index (χ1v) is 16.7. The number of anilines is 2. The molecule has 1 aliphatic rings. The van der Waals surface area contributed by atoms with E-state index in [-0.39, 0.29) is 4.90 Å². The number of nitriles is 2. The van der Waals surface area contributed by atoms with E-state index in [2.05, 4.69) is 90.2 Å². The van der Waals surface area contributed by atoms with Crippen LogP contribution in [-0.2, 0) is 10.1 Å². The van der Waals surface area contributed by atoms with Crippen molar-refractivity contribution in [2.45, 2.75) is 45.4 Å². The van der Waals surface area contributed by atoms with Crippen molar-refractivity contribution in [1.29, 1.82) is 10.5 Å². The van der Waals surface area contributed by atoms with Gasteiger partial charge >= 0.3 is 0 Å². The van der Waals surface area contributed by atoms with Gasteiger partial charge < -0.3 is 9.80 Å². The first-order chi connectivity index (χ1) is 21.7. The summed E-state index contributed by atoms with van der Waals surface area (Å²) in [5.74, 6) is 0. The minimum absolute atomic E-state index is 0.160. The quantitative estimate of drug-likeness (QED) is 0.268. The highest BCUT2D eigenvalue weighted by Gasteiger charge is 2.26. The van der Waals surface area contributed by atoms with Crippen LogP contribution in [0.1, 0.15) is 61.4 Å². The van der Waals surface area contributed by atoms with Crippen LogP contribution in [0.2, 0.25) is 0 Å². The summed E-state index contributed by atoms with van der Waals surface area (Å²) in [7, 11) is -4.40. The van der Waals surface area contributed by atoms with Crippen LogP contribution < -0.4 is 14.8 Å². The summed E-state index contributed by atoms with van der Waals surface area (Å²) in [6.07, 6.45) is 4.73. The standard InChI is InChI=1S/C36H39N5O3S/c1-5-39-35-19-18-33(32-17-15-30(25-34(32)35)45(42,43)44)36(27-10-12-28(13-11-27)40(6-2)7-3)31-16-14-29(24-26(31)4)41(22-8-20-37)23-9-21-38/h10-19,24-25H,5-9,22-23H2,1-4H3,(H,42,43,44)/p+1/b36-33-,39-35?. The molecule has 3 aromatic rings. The zero-order valence-electron chi connectivity index (χ0n) is 26.3. The molecule has 2 N–H and O–H groups in total. The summed E-state index contributed by atoms with van der Waals surface area (Å²) in [6, 6.07) is 23.8. The monoisotopic (exact) mass is 622 g/mol. The number of benzene rings is 3. The minimum atomic E-state index is -4.40. The number of allylic oxidation sites excluding steroid dienone is 3. The van der Waals surface area contributed by atoms with Gasteiger partial charge in [0.25, 0.3) is 10.1 Å². The predicted molar refractivity (Wildman–Crippen MR) is 181 cm³/mol. The third-order valence-corrected chi connectivity index (χ3v) is 8.89. The molecule has 0 saturated heterocycles. The van der Waals surface area contributed by atoms with Gasteiger partial charge in [0.05, 0.1) is 35.4 Å². The van der Waals surface area contributed by atoms with Gasteiger partial charge in [0, 0.05) is 43.6 Å². The van der Waals surface area contributed by atoms with E-state index in [9.17, 15) is 23.5 Å².